The van der Waals surface area contributed by atoms with Gasteiger partial charge in [0.2, 0.25) is 0 Å². The van der Waals surface area contributed by atoms with Crippen LogP contribution in [0.4, 0.5) is 0 Å². The maximum Gasteiger partial charge on any atom is 0.313 e. The fourth-order valence-electron chi connectivity index (χ4n) is 2.59. The smallest absolute Gasteiger partial charge is 0.313 e. The summed E-state index contributed by atoms with van der Waals surface area (Å²) in [4.78, 5) is 12.0. The first-order chi connectivity index (χ1) is 9.08. The van der Waals surface area contributed by atoms with E-state index in [1.54, 1.807) is 0 Å². The van der Waals surface area contributed by atoms with Gasteiger partial charge in [0, 0.05) is 0 Å². The minimum absolute atomic E-state index is 0.112. The van der Waals surface area contributed by atoms with Crippen LogP contribution in [0.1, 0.15) is 42.4 Å². The molecule has 104 valence electrons. The SMILES string of the molecule is CCOc1cc(C)c(C(C(=O)OC)C2CC2)cc1C. The molecule has 0 spiro atoms. The van der Waals surface area contributed by atoms with Gasteiger partial charge in [-0.05, 0) is 62.3 Å². The molecule has 0 N–H and O–H groups in total. The summed E-state index contributed by atoms with van der Waals surface area (Å²) >= 11 is 0. The van der Waals surface area contributed by atoms with Crippen molar-refractivity contribution in [3.05, 3.63) is 28.8 Å². The van der Waals surface area contributed by atoms with Crippen molar-refractivity contribution in [2.45, 2.75) is 39.5 Å². The molecule has 0 aliphatic heterocycles. The Morgan fingerprint density at radius 2 is 2.00 bits per heavy atom. The molecular weight excluding hydrogens is 240 g/mol. The Balaban J connectivity index is 2.37. The topological polar surface area (TPSA) is 35.5 Å². The second-order valence-electron chi connectivity index (χ2n) is 5.25. The first-order valence-corrected chi connectivity index (χ1v) is 6.90. The summed E-state index contributed by atoms with van der Waals surface area (Å²) in [5, 5.41) is 0. The second-order valence-corrected chi connectivity index (χ2v) is 5.25. The number of hydrogen-bond donors (Lipinski definition) is 0. The lowest BCUT2D eigenvalue weighted by Crippen LogP contribution is -2.17. The highest BCUT2D eigenvalue weighted by Gasteiger charge is 2.39. The van der Waals surface area contributed by atoms with Gasteiger partial charge in [0.05, 0.1) is 19.6 Å². The van der Waals surface area contributed by atoms with Crippen molar-refractivity contribution in [1.29, 1.82) is 0 Å². The quantitative estimate of drug-likeness (QED) is 0.763. The number of esters is 1. The van der Waals surface area contributed by atoms with Gasteiger partial charge in [0.1, 0.15) is 5.75 Å². The van der Waals surface area contributed by atoms with Crippen LogP contribution in [-0.4, -0.2) is 19.7 Å². The normalized spacial score (nSPS) is 16.0. The minimum atomic E-state index is -0.117. The second kappa shape index (κ2) is 5.64. The maximum absolute atomic E-state index is 12.0. The Hall–Kier alpha value is -1.51. The predicted molar refractivity (Wildman–Crippen MR) is 74.6 cm³/mol. The molecule has 1 atom stereocenters. The van der Waals surface area contributed by atoms with Gasteiger partial charge in [-0.25, -0.2) is 0 Å². The van der Waals surface area contributed by atoms with Gasteiger partial charge < -0.3 is 9.47 Å². The van der Waals surface area contributed by atoms with Crippen LogP contribution in [0.5, 0.6) is 5.75 Å². The Morgan fingerprint density at radius 3 is 2.53 bits per heavy atom. The predicted octanol–water partition coefficient (Wildman–Crippen LogP) is 3.37. The third-order valence-corrected chi connectivity index (χ3v) is 3.75. The van der Waals surface area contributed by atoms with Gasteiger partial charge in [0.15, 0.2) is 0 Å². The lowest BCUT2D eigenvalue weighted by molar-refractivity contribution is -0.143. The molecule has 0 amide bonds. The third kappa shape index (κ3) is 2.91. The summed E-state index contributed by atoms with van der Waals surface area (Å²) in [6.07, 6.45) is 2.23. The van der Waals surface area contributed by atoms with E-state index in [-0.39, 0.29) is 11.9 Å². The molecule has 1 fully saturated rings. The van der Waals surface area contributed by atoms with Crippen molar-refractivity contribution < 1.29 is 14.3 Å². The zero-order chi connectivity index (χ0) is 14.0. The number of carbonyl (C=O) groups excluding carboxylic acids is 1. The zero-order valence-corrected chi connectivity index (χ0v) is 12.2. The van der Waals surface area contributed by atoms with Crippen LogP contribution in [-0.2, 0) is 9.53 Å². The van der Waals surface area contributed by atoms with E-state index >= 15 is 0 Å². The molecule has 0 bridgehead atoms. The summed E-state index contributed by atoms with van der Waals surface area (Å²) in [5.74, 6) is 1.13. The molecule has 1 aliphatic carbocycles. The molecule has 2 rings (SSSR count). The lowest BCUT2D eigenvalue weighted by atomic mass is 9.89. The summed E-state index contributed by atoms with van der Waals surface area (Å²) in [5.41, 5.74) is 3.28. The first kappa shape index (κ1) is 13.9. The van der Waals surface area contributed by atoms with Gasteiger partial charge in [-0.1, -0.05) is 6.07 Å². The van der Waals surface area contributed by atoms with Crippen LogP contribution in [0.3, 0.4) is 0 Å². The van der Waals surface area contributed by atoms with Crippen LogP contribution >= 0.6 is 0 Å². The molecule has 0 heterocycles. The van der Waals surface area contributed by atoms with Crippen LogP contribution in [0.15, 0.2) is 12.1 Å². The lowest BCUT2D eigenvalue weighted by Gasteiger charge is -2.19. The summed E-state index contributed by atoms with van der Waals surface area (Å²) in [7, 11) is 1.47. The number of methoxy groups -OCH3 is 1. The summed E-state index contributed by atoms with van der Waals surface area (Å²) in [6.45, 7) is 6.69. The molecule has 1 aromatic carbocycles. The molecule has 1 aromatic rings. The molecule has 19 heavy (non-hydrogen) atoms. The number of hydrogen-bond acceptors (Lipinski definition) is 3. The van der Waals surface area contributed by atoms with Gasteiger partial charge in [-0.3, -0.25) is 4.79 Å². The first-order valence-electron chi connectivity index (χ1n) is 6.90. The molecule has 0 saturated heterocycles. The van der Waals surface area contributed by atoms with E-state index < -0.39 is 0 Å². The van der Waals surface area contributed by atoms with Gasteiger partial charge >= 0.3 is 5.97 Å². The van der Waals surface area contributed by atoms with Crippen LogP contribution < -0.4 is 4.74 Å². The largest absolute Gasteiger partial charge is 0.494 e. The monoisotopic (exact) mass is 262 g/mol. The number of benzene rings is 1. The number of ether oxygens (including phenoxy) is 2. The van der Waals surface area contributed by atoms with E-state index in [2.05, 4.69) is 6.07 Å². The molecule has 0 radical (unpaired) electrons. The number of carbonyl (C=O) groups is 1. The Morgan fingerprint density at radius 1 is 1.32 bits per heavy atom. The fraction of sp³-hybridized carbons (Fsp3) is 0.562. The van der Waals surface area contributed by atoms with E-state index in [0.717, 1.165) is 35.3 Å². The Labute approximate surface area is 114 Å². The molecule has 1 aliphatic rings. The van der Waals surface area contributed by atoms with Crippen molar-refractivity contribution in [3.63, 3.8) is 0 Å². The summed E-state index contributed by atoms with van der Waals surface area (Å²) < 4.78 is 10.6. The molecule has 1 saturated carbocycles. The van der Waals surface area contributed by atoms with E-state index in [9.17, 15) is 4.79 Å². The molecule has 3 heteroatoms. The zero-order valence-electron chi connectivity index (χ0n) is 12.2. The number of rotatable bonds is 5. The average molecular weight is 262 g/mol. The minimum Gasteiger partial charge on any atom is -0.494 e. The van der Waals surface area contributed by atoms with Crippen LogP contribution in [0.2, 0.25) is 0 Å². The molecule has 0 aromatic heterocycles. The standard InChI is InChI=1S/C16H22O3/c1-5-19-14-9-10(2)13(8-11(14)3)15(12-6-7-12)16(17)18-4/h8-9,12,15H,5-7H2,1-4H3. The van der Waals surface area contributed by atoms with Gasteiger partial charge in [0.25, 0.3) is 0 Å². The maximum atomic E-state index is 12.0. The van der Waals surface area contributed by atoms with E-state index in [4.69, 9.17) is 9.47 Å². The fourth-order valence-corrected chi connectivity index (χ4v) is 2.59. The van der Waals surface area contributed by atoms with E-state index in [1.165, 1.54) is 7.11 Å². The average Bonchev–Trinajstić information content (AvgIpc) is 3.20. The molecular formula is C16H22O3. The van der Waals surface area contributed by atoms with Crippen molar-refractivity contribution in [1.82, 2.24) is 0 Å². The third-order valence-electron chi connectivity index (χ3n) is 3.75. The Bertz CT molecular complexity index is 475. The van der Waals surface area contributed by atoms with Crippen LogP contribution in [0.25, 0.3) is 0 Å². The van der Waals surface area contributed by atoms with Gasteiger partial charge in [-0.15, -0.1) is 0 Å². The van der Waals surface area contributed by atoms with Crippen molar-refractivity contribution >= 4 is 5.97 Å². The van der Waals surface area contributed by atoms with Crippen molar-refractivity contribution in [3.8, 4) is 5.75 Å². The van der Waals surface area contributed by atoms with Gasteiger partial charge in [-0.2, -0.15) is 0 Å². The molecule has 1 unspecified atom stereocenters. The highest BCUT2D eigenvalue weighted by atomic mass is 16.5. The van der Waals surface area contributed by atoms with E-state index in [0.29, 0.717) is 12.5 Å². The highest BCUT2D eigenvalue weighted by molar-refractivity contribution is 5.79. The van der Waals surface area contributed by atoms with Crippen LogP contribution in [0, 0.1) is 19.8 Å². The molecule has 3 nitrogen and oxygen atoms in total. The summed E-state index contributed by atoms with van der Waals surface area (Å²) in [6, 6.07) is 4.12. The Kier molecular flexibility index (Phi) is 4.13. The van der Waals surface area contributed by atoms with E-state index in [1.807, 2.05) is 26.8 Å². The van der Waals surface area contributed by atoms with Crippen molar-refractivity contribution in [2.75, 3.05) is 13.7 Å². The van der Waals surface area contributed by atoms with Crippen molar-refractivity contribution in [2.24, 2.45) is 5.92 Å². The number of aryl methyl sites for hydroxylation is 2. The highest BCUT2D eigenvalue weighted by Crippen LogP contribution is 2.45.